The number of fused-ring (bicyclic) bond motifs is 1. The van der Waals surface area contributed by atoms with Crippen LogP contribution in [-0.2, 0) is 0 Å². The van der Waals surface area contributed by atoms with Gasteiger partial charge in [-0.3, -0.25) is 4.72 Å². The monoisotopic (exact) mass is 522 g/mol. The van der Waals surface area contributed by atoms with Gasteiger partial charge in [0, 0.05) is 27.8 Å². The lowest BCUT2D eigenvalue weighted by Gasteiger charge is -2.19. The van der Waals surface area contributed by atoms with Crippen molar-refractivity contribution in [2.75, 3.05) is 0 Å². The summed E-state index contributed by atoms with van der Waals surface area (Å²) in [7, 11) is 0. The number of alkyl halides is 3. The Balaban J connectivity index is 1.72. The van der Waals surface area contributed by atoms with E-state index in [1.54, 1.807) is 18.0 Å². The van der Waals surface area contributed by atoms with Crippen LogP contribution in [0.2, 0.25) is 0 Å². The molecular formula is C31H33F3N2S. The molecule has 0 amide bonds. The Morgan fingerprint density at radius 2 is 1.73 bits per heavy atom. The number of benzene rings is 1. The van der Waals surface area contributed by atoms with Gasteiger partial charge in [-0.05, 0) is 67.0 Å². The Morgan fingerprint density at radius 3 is 2.41 bits per heavy atom. The fourth-order valence-corrected chi connectivity index (χ4v) is 4.88. The molecule has 0 saturated heterocycles. The predicted molar refractivity (Wildman–Crippen MR) is 153 cm³/mol. The first-order valence-corrected chi connectivity index (χ1v) is 12.9. The normalized spacial score (nSPS) is 20.5. The maximum absolute atomic E-state index is 12.9. The van der Waals surface area contributed by atoms with Gasteiger partial charge in [0.2, 0.25) is 0 Å². The lowest BCUT2D eigenvalue weighted by atomic mass is 9.97. The van der Waals surface area contributed by atoms with E-state index in [1.807, 2.05) is 43.3 Å². The highest BCUT2D eigenvalue weighted by molar-refractivity contribution is 8.01. The number of allylic oxidation sites excluding steroid dienone is 9. The average Bonchev–Trinajstić information content (AvgIpc) is 3.15. The molecule has 2 unspecified atom stereocenters. The van der Waals surface area contributed by atoms with Crippen LogP contribution in [0.3, 0.4) is 0 Å². The van der Waals surface area contributed by atoms with Gasteiger partial charge in [-0.15, -0.1) is 0 Å². The zero-order valence-electron chi connectivity index (χ0n) is 21.2. The Bertz CT molecular complexity index is 1230. The molecule has 2 nitrogen and oxygen atoms in total. The molecule has 2 aliphatic rings. The van der Waals surface area contributed by atoms with Gasteiger partial charge in [0.05, 0.1) is 6.04 Å². The zero-order chi connectivity index (χ0) is 27.0. The van der Waals surface area contributed by atoms with Crippen LogP contribution >= 0.6 is 11.9 Å². The van der Waals surface area contributed by atoms with E-state index in [1.165, 1.54) is 17.2 Å². The van der Waals surface area contributed by atoms with Crippen LogP contribution in [0.5, 0.6) is 0 Å². The topological polar surface area (TPSA) is 24.1 Å². The lowest BCUT2D eigenvalue weighted by molar-refractivity contribution is -0.0912. The van der Waals surface area contributed by atoms with Gasteiger partial charge in [-0.1, -0.05) is 92.6 Å². The number of hydrogen-bond acceptors (Lipinski definition) is 3. The first kappa shape index (κ1) is 28.4. The number of hydrogen-bond donors (Lipinski definition) is 2. The average molecular weight is 523 g/mol. The van der Waals surface area contributed by atoms with Crippen LogP contribution in [0.4, 0.5) is 13.2 Å². The largest absolute Gasteiger partial charge is 0.412 e. The highest BCUT2D eigenvalue weighted by atomic mass is 32.2. The molecule has 2 aliphatic carbocycles. The first-order chi connectivity index (χ1) is 17.6. The van der Waals surface area contributed by atoms with Gasteiger partial charge >= 0.3 is 6.18 Å². The summed E-state index contributed by atoms with van der Waals surface area (Å²) in [5, 5.41) is 3.49. The molecule has 2 atom stereocenters. The minimum absolute atomic E-state index is 0.0586. The molecule has 0 radical (unpaired) electrons. The third-order valence-electron chi connectivity index (χ3n) is 6.22. The van der Waals surface area contributed by atoms with E-state index < -0.39 is 11.7 Å². The summed E-state index contributed by atoms with van der Waals surface area (Å²) in [6.07, 6.45) is 14.1. The van der Waals surface area contributed by atoms with Gasteiger partial charge in [-0.2, -0.15) is 13.2 Å². The van der Waals surface area contributed by atoms with Crippen molar-refractivity contribution < 1.29 is 13.2 Å². The molecule has 0 aliphatic heterocycles. The second-order valence-electron chi connectivity index (χ2n) is 8.99. The van der Waals surface area contributed by atoms with Crippen LogP contribution in [0.25, 0.3) is 11.3 Å². The van der Waals surface area contributed by atoms with Crippen LogP contribution in [0.1, 0.15) is 37.8 Å². The summed E-state index contributed by atoms with van der Waals surface area (Å²) in [6, 6.07) is 7.86. The first-order valence-electron chi connectivity index (χ1n) is 12.1. The molecule has 1 aromatic rings. The van der Waals surface area contributed by atoms with E-state index in [0.717, 1.165) is 47.4 Å². The molecule has 0 spiro atoms. The van der Waals surface area contributed by atoms with Gasteiger partial charge in [0.15, 0.2) is 0 Å². The second kappa shape index (κ2) is 12.8. The maximum Gasteiger partial charge on any atom is 0.412 e. The highest BCUT2D eigenvalue weighted by Crippen LogP contribution is 2.35. The van der Waals surface area contributed by atoms with Crippen molar-refractivity contribution in [3.8, 4) is 0 Å². The van der Waals surface area contributed by atoms with E-state index in [9.17, 15) is 13.2 Å². The van der Waals surface area contributed by atoms with E-state index in [2.05, 4.69) is 54.1 Å². The molecule has 2 N–H and O–H groups in total. The van der Waals surface area contributed by atoms with Gasteiger partial charge in [-0.25, -0.2) is 0 Å². The Labute approximate surface area is 222 Å². The lowest BCUT2D eigenvalue weighted by Crippen LogP contribution is -2.24. The second-order valence-corrected chi connectivity index (χ2v) is 9.91. The fourth-order valence-electron chi connectivity index (χ4n) is 4.17. The van der Waals surface area contributed by atoms with E-state index in [4.69, 9.17) is 0 Å². The molecular weight excluding hydrogens is 489 g/mol. The SMILES string of the molecule is C=C/C=C(\C=C)SNC1CC2=CC=CC(NC(=C)c3ccccc3/C(C)=C/C=C(\C)C(F)(F)F)C=C2C1. The summed E-state index contributed by atoms with van der Waals surface area (Å²) in [5.41, 5.74) is 5.09. The van der Waals surface area contributed by atoms with Crippen molar-refractivity contribution in [1.82, 2.24) is 10.0 Å². The molecule has 6 heteroatoms. The number of rotatable bonds is 10. The highest BCUT2D eigenvalue weighted by Gasteiger charge is 2.29. The summed E-state index contributed by atoms with van der Waals surface area (Å²) < 4.78 is 42.2. The van der Waals surface area contributed by atoms with Crippen molar-refractivity contribution in [2.45, 2.75) is 44.9 Å². The smallest absolute Gasteiger partial charge is 0.375 e. The Hall–Kier alpha value is -3.22. The Morgan fingerprint density at radius 1 is 1.03 bits per heavy atom. The molecule has 0 heterocycles. The van der Waals surface area contributed by atoms with Crippen LogP contribution in [-0.4, -0.2) is 18.3 Å². The standard InChI is InChI=1S/C31H33F3N2S/c1-6-11-28(7-2)37-36-27-18-24-12-10-13-26(19-25(24)20-27)35-23(5)30-15-9-8-14-29(30)21(3)16-17-22(4)31(32,33)34/h6-17,19,26-27,35-36H,1-2,5,18,20H2,3-4H3/b21-16+,22-17+,28-11+. The summed E-state index contributed by atoms with van der Waals surface area (Å²) >= 11 is 1.56. The molecule has 1 fully saturated rings. The molecule has 1 saturated carbocycles. The zero-order valence-corrected chi connectivity index (χ0v) is 22.1. The molecule has 1 aromatic carbocycles. The molecule has 3 rings (SSSR count). The maximum atomic E-state index is 12.9. The van der Waals surface area contributed by atoms with Gasteiger partial charge < -0.3 is 5.32 Å². The molecule has 0 aromatic heterocycles. The minimum Gasteiger partial charge on any atom is -0.375 e. The van der Waals surface area contributed by atoms with Gasteiger partial charge in [0.25, 0.3) is 0 Å². The number of nitrogens with one attached hydrogen (secondary N) is 2. The molecule has 37 heavy (non-hydrogen) atoms. The number of halogens is 3. The summed E-state index contributed by atoms with van der Waals surface area (Å²) in [5.74, 6) is 0. The summed E-state index contributed by atoms with van der Waals surface area (Å²) in [6.45, 7) is 14.7. The van der Waals surface area contributed by atoms with Gasteiger partial charge in [0.1, 0.15) is 0 Å². The quantitative estimate of drug-likeness (QED) is 0.238. The molecule has 194 valence electrons. The van der Waals surface area contributed by atoms with Crippen LogP contribution in [0.15, 0.2) is 120 Å². The third kappa shape index (κ3) is 7.88. The fraction of sp³-hybridized carbons (Fsp3) is 0.226. The van der Waals surface area contributed by atoms with Crippen LogP contribution < -0.4 is 10.0 Å². The van der Waals surface area contributed by atoms with Crippen molar-refractivity contribution >= 4 is 23.2 Å². The van der Waals surface area contributed by atoms with E-state index >= 15 is 0 Å². The van der Waals surface area contributed by atoms with Crippen LogP contribution in [0, 0.1) is 0 Å². The van der Waals surface area contributed by atoms with Crippen molar-refractivity contribution in [3.63, 3.8) is 0 Å². The minimum atomic E-state index is -4.34. The predicted octanol–water partition coefficient (Wildman–Crippen LogP) is 8.61. The van der Waals surface area contributed by atoms with E-state index in [-0.39, 0.29) is 6.04 Å². The van der Waals surface area contributed by atoms with Crippen molar-refractivity contribution in [2.24, 2.45) is 0 Å². The molecule has 0 bridgehead atoms. The Kier molecular flexibility index (Phi) is 9.84. The third-order valence-corrected chi connectivity index (χ3v) is 7.21. The van der Waals surface area contributed by atoms with E-state index in [0.29, 0.717) is 11.7 Å². The van der Waals surface area contributed by atoms with Crippen molar-refractivity contribution in [3.05, 3.63) is 131 Å². The van der Waals surface area contributed by atoms with Crippen molar-refractivity contribution in [1.29, 1.82) is 0 Å². The summed E-state index contributed by atoms with van der Waals surface area (Å²) in [4.78, 5) is 1.02.